The van der Waals surface area contributed by atoms with Crippen LogP contribution in [0.2, 0.25) is 0 Å². The number of methoxy groups -OCH3 is 1. The second-order valence-corrected chi connectivity index (χ2v) is 5.45. The minimum Gasteiger partial charge on any atom is -0.496 e. The number of nitrogens with zero attached hydrogens (tertiary/aromatic N) is 1. The Balaban J connectivity index is 1.60. The number of anilines is 2. The second kappa shape index (κ2) is 7.05. The maximum Gasteiger partial charge on any atom is 0.239 e. The Kier molecular flexibility index (Phi) is 4.66. The molecule has 0 atom stereocenters. The summed E-state index contributed by atoms with van der Waals surface area (Å²) >= 11 is 0. The van der Waals surface area contributed by atoms with Crippen LogP contribution in [0.3, 0.4) is 0 Å². The van der Waals surface area contributed by atoms with Gasteiger partial charge in [0.25, 0.3) is 0 Å². The molecule has 0 fully saturated rings. The second-order valence-electron chi connectivity index (χ2n) is 5.45. The van der Waals surface area contributed by atoms with Crippen LogP contribution in [0.15, 0.2) is 48.5 Å². The number of amides is 1. The summed E-state index contributed by atoms with van der Waals surface area (Å²) in [7, 11) is 1.64. The fraction of sp³-hybridized carbons (Fsp3) is 0.278. The number of hydrogen-bond acceptors (Lipinski definition) is 4. The summed E-state index contributed by atoms with van der Waals surface area (Å²) in [6.07, 6.45) is 0. The molecule has 0 radical (unpaired) electrons. The van der Waals surface area contributed by atoms with E-state index in [9.17, 15) is 4.79 Å². The zero-order chi connectivity index (χ0) is 16.1. The van der Waals surface area contributed by atoms with Gasteiger partial charge in [-0.05, 0) is 18.2 Å². The summed E-state index contributed by atoms with van der Waals surface area (Å²) in [5.74, 6) is 0.799. The number of nitrogens with one attached hydrogen (secondary N) is 2. The van der Waals surface area contributed by atoms with E-state index in [1.807, 2.05) is 48.5 Å². The number of para-hydroxylation sites is 3. The topological polar surface area (TPSA) is 53.6 Å². The summed E-state index contributed by atoms with van der Waals surface area (Å²) < 4.78 is 5.30. The molecule has 1 heterocycles. The van der Waals surface area contributed by atoms with Gasteiger partial charge >= 0.3 is 0 Å². The van der Waals surface area contributed by atoms with Crippen molar-refractivity contribution in [2.75, 3.05) is 37.0 Å². The minimum atomic E-state index is 0.00705. The van der Waals surface area contributed by atoms with Crippen molar-refractivity contribution >= 4 is 17.3 Å². The molecule has 2 aromatic carbocycles. The van der Waals surface area contributed by atoms with E-state index in [4.69, 9.17) is 4.74 Å². The van der Waals surface area contributed by atoms with E-state index in [2.05, 4.69) is 15.5 Å². The smallest absolute Gasteiger partial charge is 0.239 e. The van der Waals surface area contributed by atoms with Crippen molar-refractivity contribution in [3.05, 3.63) is 54.1 Å². The van der Waals surface area contributed by atoms with Gasteiger partial charge in [0.05, 0.1) is 25.0 Å². The lowest BCUT2D eigenvalue weighted by Crippen LogP contribution is -2.41. The van der Waals surface area contributed by atoms with Gasteiger partial charge in [-0.3, -0.25) is 4.79 Å². The summed E-state index contributed by atoms with van der Waals surface area (Å²) in [5.41, 5.74) is 3.13. The highest BCUT2D eigenvalue weighted by atomic mass is 16.5. The summed E-state index contributed by atoms with van der Waals surface area (Å²) in [5, 5.41) is 6.32. The van der Waals surface area contributed by atoms with Crippen LogP contribution in [-0.4, -0.2) is 32.7 Å². The van der Waals surface area contributed by atoms with Gasteiger partial charge in [-0.25, -0.2) is 0 Å². The molecule has 2 aromatic rings. The molecule has 5 nitrogen and oxygen atoms in total. The SMILES string of the molecule is COc1ccccc1CNC(=O)CN1CCNc2ccccc21. The van der Waals surface area contributed by atoms with E-state index in [1.165, 1.54) is 0 Å². The molecular weight excluding hydrogens is 290 g/mol. The molecule has 1 amide bonds. The Morgan fingerprint density at radius 1 is 1.22 bits per heavy atom. The van der Waals surface area contributed by atoms with E-state index < -0.39 is 0 Å². The third kappa shape index (κ3) is 3.56. The molecule has 0 saturated heterocycles. The number of fused-ring (bicyclic) bond motifs is 1. The third-order valence-corrected chi connectivity index (χ3v) is 3.94. The first-order chi connectivity index (χ1) is 11.3. The van der Waals surface area contributed by atoms with Crippen molar-refractivity contribution in [3.8, 4) is 5.75 Å². The molecule has 0 saturated carbocycles. The van der Waals surface area contributed by atoms with E-state index in [0.717, 1.165) is 35.8 Å². The van der Waals surface area contributed by atoms with E-state index in [-0.39, 0.29) is 5.91 Å². The van der Waals surface area contributed by atoms with Crippen molar-refractivity contribution in [2.24, 2.45) is 0 Å². The van der Waals surface area contributed by atoms with Gasteiger partial charge in [-0.1, -0.05) is 30.3 Å². The summed E-state index contributed by atoms with van der Waals surface area (Å²) in [4.78, 5) is 14.4. The van der Waals surface area contributed by atoms with Crippen LogP contribution in [-0.2, 0) is 11.3 Å². The maximum absolute atomic E-state index is 12.3. The molecule has 0 unspecified atom stereocenters. The minimum absolute atomic E-state index is 0.00705. The van der Waals surface area contributed by atoms with Crippen molar-refractivity contribution in [3.63, 3.8) is 0 Å². The van der Waals surface area contributed by atoms with Gasteiger partial charge in [-0.15, -0.1) is 0 Å². The first-order valence-electron chi connectivity index (χ1n) is 7.74. The van der Waals surface area contributed by atoms with Gasteiger partial charge in [0.15, 0.2) is 0 Å². The standard InChI is InChI=1S/C18H21N3O2/c1-23-17-9-5-2-6-14(17)12-20-18(22)13-21-11-10-19-15-7-3-4-8-16(15)21/h2-9,19H,10-13H2,1H3,(H,20,22). The first kappa shape index (κ1) is 15.2. The molecule has 3 rings (SSSR count). The van der Waals surface area contributed by atoms with Gasteiger partial charge in [0.1, 0.15) is 5.75 Å². The van der Waals surface area contributed by atoms with Crippen molar-refractivity contribution in [1.82, 2.24) is 5.32 Å². The van der Waals surface area contributed by atoms with Crippen LogP contribution in [0.1, 0.15) is 5.56 Å². The quantitative estimate of drug-likeness (QED) is 0.889. The highest BCUT2D eigenvalue weighted by Crippen LogP contribution is 2.27. The van der Waals surface area contributed by atoms with Crippen molar-refractivity contribution in [2.45, 2.75) is 6.54 Å². The lowest BCUT2D eigenvalue weighted by molar-refractivity contribution is -0.119. The molecule has 0 aliphatic carbocycles. The fourth-order valence-corrected chi connectivity index (χ4v) is 2.78. The Morgan fingerprint density at radius 3 is 2.87 bits per heavy atom. The molecular formula is C18H21N3O2. The molecule has 1 aliphatic rings. The molecule has 120 valence electrons. The van der Waals surface area contributed by atoms with Crippen LogP contribution in [0.4, 0.5) is 11.4 Å². The monoisotopic (exact) mass is 311 g/mol. The Morgan fingerprint density at radius 2 is 2.00 bits per heavy atom. The molecule has 0 bridgehead atoms. The summed E-state index contributed by atoms with van der Waals surface area (Å²) in [6, 6.07) is 15.8. The van der Waals surface area contributed by atoms with Crippen LogP contribution in [0, 0.1) is 0 Å². The average Bonchev–Trinajstić information content (AvgIpc) is 2.60. The Bertz CT molecular complexity index is 687. The highest BCUT2D eigenvalue weighted by molar-refractivity contribution is 5.84. The lowest BCUT2D eigenvalue weighted by atomic mass is 10.2. The molecule has 2 N–H and O–H groups in total. The fourth-order valence-electron chi connectivity index (χ4n) is 2.78. The maximum atomic E-state index is 12.3. The van der Waals surface area contributed by atoms with Crippen LogP contribution in [0.25, 0.3) is 0 Å². The average molecular weight is 311 g/mol. The number of benzene rings is 2. The van der Waals surface area contributed by atoms with E-state index in [0.29, 0.717) is 13.1 Å². The number of hydrogen-bond donors (Lipinski definition) is 2. The van der Waals surface area contributed by atoms with Gasteiger partial charge in [-0.2, -0.15) is 0 Å². The molecule has 1 aliphatic heterocycles. The molecule has 0 aromatic heterocycles. The Labute approximate surface area is 136 Å². The highest BCUT2D eigenvalue weighted by Gasteiger charge is 2.18. The predicted octanol–water partition coefficient (Wildman–Crippen LogP) is 2.24. The van der Waals surface area contributed by atoms with Gasteiger partial charge < -0.3 is 20.3 Å². The lowest BCUT2D eigenvalue weighted by Gasteiger charge is -2.31. The number of ether oxygens (including phenoxy) is 1. The van der Waals surface area contributed by atoms with Crippen LogP contribution in [0.5, 0.6) is 5.75 Å². The number of carbonyl (C=O) groups is 1. The first-order valence-corrected chi connectivity index (χ1v) is 7.74. The third-order valence-electron chi connectivity index (χ3n) is 3.94. The largest absolute Gasteiger partial charge is 0.496 e. The molecule has 23 heavy (non-hydrogen) atoms. The molecule has 5 heteroatoms. The predicted molar refractivity (Wildman–Crippen MR) is 92.0 cm³/mol. The van der Waals surface area contributed by atoms with E-state index in [1.54, 1.807) is 7.11 Å². The van der Waals surface area contributed by atoms with Crippen molar-refractivity contribution in [1.29, 1.82) is 0 Å². The van der Waals surface area contributed by atoms with Crippen LogP contribution < -0.4 is 20.3 Å². The number of carbonyl (C=O) groups excluding carboxylic acids is 1. The number of rotatable bonds is 5. The molecule has 0 spiro atoms. The summed E-state index contributed by atoms with van der Waals surface area (Å²) in [6.45, 7) is 2.49. The Hall–Kier alpha value is -2.69. The van der Waals surface area contributed by atoms with Gasteiger partial charge in [0.2, 0.25) is 5.91 Å². The van der Waals surface area contributed by atoms with Crippen LogP contribution >= 0.6 is 0 Å². The van der Waals surface area contributed by atoms with E-state index >= 15 is 0 Å². The zero-order valence-corrected chi connectivity index (χ0v) is 13.2. The van der Waals surface area contributed by atoms with Gasteiger partial charge in [0, 0.05) is 25.2 Å². The van der Waals surface area contributed by atoms with Crippen molar-refractivity contribution < 1.29 is 9.53 Å². The normalized spacial score (nSPS) is 13.0. The zero-order valence-electron chi connectivity index (χ0n) is 13.2.